The summed E-state index contributed by atoms with van der Waals surface area (Å²) in [5.41, 5.74) is 0.464. The van der Waals surface area contributed by atoms with Crippen LogP contribution in [0.5, 0.6) is 0 Å². The molecule has 0 unspecified atom stereocenters. The summed E-state index contributed by atoms with van der Waals surface area (Å²) in [7, 11) is 0. The lowest BCUT2D eigenvalue weighted by atomic mass is 9.85. The average Bonchev–Trinajstić information content (AvgIpc) is 2.66. The molecule has 0 saturated carbocycles. The summed E-state index contributed by atoms with van der Waals surface area (Å²) >= 11 is 0. The Hall–Kier alpha value is -1.09. The minimum atomic E-state index is 0.426. The van der Waals surface area contributed by atoms with Gasteiger partial charge >= 0.3 is 0 Å². The Bertz CT molecular complexity index is 381. The molecule has 1 aliphatic heterocycles. The van der Waals surface area contributed by atoms with E-state index in [0.29, 0.717) is 11.2 Å². The van der Waals surface area contributed by atoms with Crippen molar-refractivity contribution >= 4 is 6.29 Å². The van der Waals surface area contributed by atoms with Crippen molar-refractivity contribution in [1.29, 1.82) is 0 Å². The van der Waals surface area contributed by atoms with E-state index in [4.69, 9.17) is 4.42 Å². The zero-order valence-electron chi connectivity index (χ0n) is 10.7. The molecule has 17 heavy (non-hydrogen) atoms. The third-order valence-corrected chi connectivity index (χ3v) is 3.61. The first-order valence-corrected chi connectivity index (χ1v) is 6.35. The number of carbonyl (C=O) groups is 1. The van der Waals surface area contributed by atoms with E-state index < -0.39 is 0 Å². The van der Waals surface area contributed by atoms with Gasteiger partial charge < -0.3 is 4.42 Å². The number of hydrogen-bond donors (Lipinski definition) is 0. The molecule has 2 heterocycles. The van der Waals surface area contributed by atoms with E-state index >= 15 is 0 Å². The first kappa shape index (κ1) is 12.4. The molecule has 3 heteroatoms. The van der Waals surface area contributed by atoms with Gasteiger partial charge in [-0.05, 0) is 49.9 Å². The molecule has 3 nitrogen and oxygen atoms in total. The zero-order valence-corrected chi connectivity index (χ0v) is 10.7. The SMILES string of the molecule is CC1(C)CCCN(Cc2ccc(C=O)o2)CC1. The predicted octanol–water partition coefficient (Wildman–Crippen LogP) is 3.10. The van der Waals surface area contributed by atoms with Crippen molar-refractivity contribution in [2.75, 3.05) is 13.1 Å². The quantitative estimate of drug-likeness (QED) is 0.755. The van der Waals surface area contributed by atoms with Crippen LogP contribution in [0.15, 0.2) is 16.5 Å². The predicted molar refractivity (Wildman–Crippen MR) is 67.0 cm³/mol. The fourth-order valence-electron chi connectivity index (χ4n) is 2.40. The normalized spacial score (nSPS) is 21.1. The van der Waals surface area contributed by atoms with Crippen LogP contribution in [0.25, 0.3) is 0 Å². The summed E-state index contributed by atoms with van der Waals surface area (Å²) in [6, 6.07) is 3.64. The van der Waals surface area contributed by atoms with Crippen LogP contribution in [-0.4, -0.2) is 24.3 Å². The van der Waals surface area contributed by atoms with Crippen molar-refractivity contribution < 1.29 is 9.21 Å². The highest BCUT2D eigenvalue weighted by Gasteiger charge is 2.23. The molecule has 1 fully saturated rings. The van der Waals surface area contributed by atoms with Crippen LogP contribution in [0.2, 0.25) is 0 Å². The summed E-state index contributed by atoms with van der Waals surface area (Å²) in [6.07, 6.45) is 4.53. The Morgan fingerprint density at radius 2 is 2.18 bits per heavy atom. The van der Waals surface area contributed by atoms with Crippen LogP contribution in [0.4, 0.5) is 0 Å². The van der Waals surface area contributed by atoms with Crippen molar-refractivity contribution in [3.63, 3.8) is 0 Å². The number of furan rings is 1. The lowest BCUT2D eigenvalue weighted by Crippen LogP contribution is -2.24. The van der Waals surface area contributed by atoms with E-state index in [1.54, 1.807) is 6.07 Å². The maximum absolute atomic E-state index is 10.5. The number of rotatable bonds is 3. The van der Waals surface area contributed by atoms with Gasteiger partial charge in [0.25, 0.3) is 0 Å². The van der Waals surface area contributed by atoms with Gasteiger partial charge in [0.1, 0.15) is 5.76 Å². The molecule has 1 aromatic heterocycles. The molecule has 0 atom stereocenters. The summed E-state index contributed by atoms with van der Waals surface area (Å²) < 4.78 is 5.42. The van der Waals surface area contributed by atoms with Crippen molar-refractivity contribution in [3.05, 3.63) is 23.7 Å². The van der Waals surface area contributed by atoms with Gasteiger partial charge in [-0.2, -0.15) is 0 Å². The van der Waals surface area contributed by atoms with Gasteiger partial charge in [-0.1, -0.05) is 13.8 Å². The Morgan fingerprint density at radius 3 is 2.88 bits per heavy atom. The lowest BCUT2D eigenvalue weighted by Gasteiger charge is -2.22. The Balaban J connectivity index is 1.92. The molecule has 0 N–H and O–H groups in total. The number of hydrogen-bond acceptors (Lipinski definition) is 3. The fraction of sp³-hybridized carbons (Fsp3) is 0.643. The zero-order chi connectivity index (χ0) is 12.3. The smallest absolute Gasteiger partial charge is 0.185 e. The van der Waals surface area contributed by atoms with E-state index in [9.17, 15) is 4.79 Å². The highest BCUT2D eigenvalue weighted by molar-refractivity contribution is 5.70. The number of aldehydes is 1. The van der Waals surface area contributed by atoms with Crippen molar-refractivity contribution in [2.24, 2.45) is 5.41 Å². The van der Waals surface area contributed by atoms with Crippen molar-refractivity contribution in [1.82, 2.24) is 4.90 Å². The molecule has 1 saturated heterocycles. The van der Waals surface area contributed by atoms with Gasteiger partial charge in [0.05, 0.1) is 6.54 Å². The van der Waals surface area contributed by atoms with Gasteiger partial charge in [-0.15, -0.1) is 0 Å². The molecule has 0 aromatic carbocycles. The minimum absolute atomic E-state index is 0.426. The maximum Gasteiger partial charge on any atom is 0.185 e. The summed E-state index contributed by atoms with van der Waals surface area (Å²) in [5.74, 6) is 1.32. The largest absolute Gasteiger partial charge is 0.457 e. The molecule has 0 bridgehead atoms. The summed E-state index contributed by atoms with van der Waals surface area (Å²) in [4.78, 5) is 13.0. The lowest BCUT2D eigenvalue weighted by molar-refractivity contribution is 0.109. The second-order valence-electron chi connectivity index (χ2n) is 5.72. The molecule has 0 spiro atoms. The second kappa shape index (κ2) is 5.05. The highest BCUT2D eigenvalue weighted by Crippen LogP contribution is 2.30. The Labute approximate surface area is 103 Å². The molecule has 1 aliphatic rings. The van der Waals surface area contributed by atoms with Gasteiger partial charge in [-0.25, -0.2) is 0 Å². The van der Waals surface area contributed by atoms with Crippen molar-refractivity contribution in [2.45, 2.75) is 39.7 Å². The Morgan fingerprint density at radius 1 is 1.35 bits per heavy atom. The maximum atomic E-state index is 10.5. The average molecular weight is 235 g/mol. The molecular formula is C14H21NO2. The van der Waals surface area contributed by atoms with Gasteiger partial charge in [0.2, 0.25) is 0 Å². The summed E-state index contributed by atoms with van der Waals surface area (Å²) in [6.45, 7) is 7.75. The monoisotopic (exact) mass is 235 g/mol. The van der Waals surface area contributed by atoms with Crippen LogP contribution in [0, 0.1) is 5.41 Å². The topological polar surface area (TPSA) is 33.5 Å². The fourth-order valence-corrected chi connectivity index (χ4v) is 2.40. The van der Waals surface area contributed by atoms with Gasteiger partial charge in [0, 0.05) is 0 Å². The van der Waals surface area contributed by atoms with E-state index in [0.717, 1.165) is 31.7 Å². The first-order chi connectivity index (χ1) is 8.09. The van der Waals surface area contributed by atoms with Crippen LogP contribution < -0.4 is 0 Å². The molecule has 1 aromatic rings. The van der Waals surface area contributed by atoms with E-state index in [1.807, 2.05) is 6.07 Å². The molecular weight excluding hydrogens is 214 g/mol. The molecule has 0 amide bonds. The van der Waals surface area contributed by atoms with Crippen LogP contribution in [0.3, 0.4) is 0 Å². The van der Waals surface area contributed by atoms with E-state index in [2.05, 4.69) is 18.7 Å². The summed E-state index contributed by atoms with van der Waals surface area (Å²) in [5, 5.41) is 0. The second-order valence-corrected chi connectivity index (χ2v) is 5.72. The van der Waals surface area contributed by atoms with Crippen LogP contribution in [-0.2, 0) is 6.54 Å². The van der Waals surface area contributed by atoms with Crippen molar-refractivity contribution in [3.8, 4) is 0 Å². The van der Waals surface area contributed by atoms with E-state index in [-0.39, 0.29) is 0 Å². The highest BCUT2D eigenvalue weighted by atomic mass is 16.3. The number of nitrogens with zero attached hydrogens (tertiary/aromatic N) is 1. The van der Waals surface area contributed by atoms with E-state index in [1.165, 1.54) is 19.3 Å². The minimum Gasteiger partial charge on any atom is -0.457 e. The third kappa shape index (κ3) is 3.43. The molecule has 0 aliphatic carbocycles. The molecule has 0 radical (unpaired) electrons. The van der Waals surface area contributed by atoms with Crippen LogP contribution >= 0.6 is 0 Å². The van der Waals surface area contributed by atoms with Crippen LogP contribution in [0.1, 0.15) is 49.4 Å². The van der Waals surface area contributed by atoms with Gasteiger partial charge in [-0.3, -0.25) is 9.69 Å². The van der Waals surface area contributed by atoms with Gasteiger partial charge in [0.15, 0.2) is 12.0 Å². The molecule has 94 valence electrons. The first-order valence-electron chi connectivity index (χ1n) is 6.35. The number of carbonyl (C=O) groups excluding carboxylic acids is 1. The number of likely N-dealkylation sites (tertiary alicyclic amines) is 1. The third-order valence-electron chi connectivity index (χ3n) is 3.61. The molecule has 2 rings (SSSR count). The standard InChI is InChI=1S/C14H21NO2/c1-14(2)6-3-8-15(9-7-14)10-12-4-5-13(11-16)17-12/h4-5,11H,3,6-10H2,1-2H3. The Kier molecular flexibility index (Phi) is 3.67.